The third-order valence-electron chi connectivity index (χ3n) is 0.905. The van der Waals surface area contributed by atoms with Crippen LogP contribution in [0.4, 0.5) is 4.20 Å². The monoisotopic (exact) mass is 224 g/mol. The second-order valence-corrected chi connectivity index (χ2v) is 2.99. The van der Waals surface area contributed by atoms with Gasteiger partial charge < -0.3 is 18.9 Å². The zero-order valence-electron chi connectivity index (χ0n) is 7.69. The Hall–Kier alpha value is 1.00. The topological polar surface area (TPSA) is 67.8 Å². The van der Waals surface area contributed by atoms with Gasteiger partial charge in [0.2, 0.25) is 0 Å². The average Bonchev–Trinajstić information content (AvgIpc) is 1.94. The van der Waals surface area contributed by atoms with E-state index in [0.717, 1.165) is 0 Å². The summed E-state index contributed by atoms with van der Waals surface area (Å²) >= 11 is 0. The van der Waals surface area contributed by atoms with Crippen molar-refractivity contribution in [2.24, 2.45) is 0 Å². The van der Waals surface area contributed by atoms with E-state index in [9.17, 15) is 13.7 Å². The zero-order valence-corrected chi connectivity index (χ0v) is 10.6. The second-order valence-electron chi connectivity index (χ2n) is 1.87. The van der Waals surface area contributed by atoms with E-state index in [4.69, 9.17) is 4.74 Å². The Morgan fingerprint density at radius 1 is 1.31 bits per heavy atom. The second kappa shape index (κ2) is 9.55. The van der Waals surface area contributed by atoms with Crippen molar-refractivity contribution >= 4 is 7.91 Å². The summed E-state index contributed by atoms with van der Waals surface area (Å²) in [7, 11) is -3.58. The summed E-state index contributed by atoms with van der Waals surface area (Å²) in [6.07, 6.45) is 0. The zero-order chi connectivity index (χ0) is 9.45. The molecule has 13 heavy (non-hydrogen) atoms. The molecule has 0 saturated heterocycles. The van der Waals surface area contributed by atoms with Gasteiger partial charge in [-0.25, -0.2) is 0 Å². The van der Waals surface area contributed by atoms with Crippen LogP contribution in [-0.2, 0) is 18.6 Å². The minimum Gasteiger partial charge on any atom is -0.753 e. The van der Waals surface area contributed by atoms with E-state index in [1.807, 2.05) is 0 Å². The molecule has 0 amide bonds. The summed E-state index contributed by atoms with van der Waals surface area (Å²) in [5.74, 6) is 0. The molecule has 0 aromatic carbocycles. The summed E-state index contributed by atoms with van der Waals surface area (Å²) in [6, 6.07) is 0. The van der Waals surface area contributed by atoms with Gasteiger partial charge in [-0.05, 0) is 0 Å². The fourth-order valence-corrected chi connectivity index (χ4v) is 0.742. The molecule has 0 heterocycles. The number of ether oxygens (including phenoxy) is 2. The van der Waals surface area contributed by atoms with E-state index in [0.29, 0.717) is 13.2 Å². The molecule has 0 aromatic heterocycles. The first-order chi connectivity index (χ1) is 5.56. The number of hydrogen-bond donors (Lipinski definition) is 0. The Morgan fingerprint density at radius 2 is 1.85 bits per heavy atom. The maximum Gasteiger partial charge on any atom is 1.00 e. The number of methoxy groups -OCH3 is 1. The molecule has 8 heteroatoms. The van der Waals surface area contributed by atoms with E-state index >= 15 is 0 Å². The van der Waals surface area contributed by atoms with Gasteiger partial charge in [0.25, 0.3) is 0 Å². The first-order valence-corrected chi connectivity index (χ1v) is 4.71. The predicted octanol–water partition coefficient (Wildman–Crippen LogP) is -2.89. The van der Waals surface area contributed by atoms with Crippen molar-refractivity contribution < 1.29 is 57.2 Å². The van der Waals surface area contributed by atoms with E-state index in [1.165, 1.54) is 7.11 Å². The molecule has 0 aromatic rings. The SMILES string of the molecule is COCCOCCOP(=O)([O-])F.[Na+]. The van der Waals surface area contributed by atoms with E-state index in [1.54, 1.807) is 0 Å². The Bertz CT molecular complexity index is 152. The van der Waals surface area contributed by atoms with Gasteiger partial charge in [-0.2, -0.15) is 4.20 Å². The van der Waals surface area contributed by atoms with E-state index < -0.39 is 7.91 Å². The average molecular weight is 224 g/mol. The van der Waals surface area contributed by atoms with Gasteiger partial charge in [0.1, 0.15) is 0 Å². The van der Waals surface area contributed by atoms with Gasteiger partial charge in [0.05, 0.1) is 26.4 Å². The van der Waals surface area contributed by atoms with Gasteiger partial charge in [0, 0.05) is 7.11 Å². The van der Waals surface area contributed by atoms with Crippen LogP contribution < -0.4 is 34.5 Å². The quantitative estimate of drug-likeness (QED) is 0.264. The Kier molecular flexibility index (Phi) is 12.1. The molecule has 0 fully saturated rings. The minimum atomic E-state index is -5.08. The van der Waals surface area contributed by atoms with Gasteiger partial charge in [0.15, 0.2) is 0 Å². The maximum atomic E-state index is 11.7. The largest absolute Gasteiger partial charge is 1.00 e. The Balaban J connectivity index is 0. The normalized spacial score (nSPS) is 14.7. The molecule has 0 saturated carbocycles. The molecular formula is C5H11FNaO5P. The molecule has 0 N–H and O–H groups in total. The Labute approximate surface area is 98.5 Å². The minimum absolute atomic E-state index is 0. The molecule has 0 radical (unpaired) electrons. The van der Waals surface area contributed by atoms with Crippen molar-refractivity contribution in [2.75, 3.05) is 33.5 Å². The van der Waals surface area contributed by atoms with Gasteiger partial charge in [-0.1, -0.05) is 0 Å². The fraction of sp³-hybridized carbons (Fsp3) is 1.00. The third-order valence-corrected chi connectivity index (χ3v) is 1.40. The van der Waals surface area contributed by atoms with Crippen LogP contribution in [0.5, 0.6) is 0 Å². The molecule has 0 spiro atoms. The van der Waals surface area contributed by atoms with Crippen LogP contribution in [0, 0.1) is 0 Å². The van der Waals surface area contributed by atoms with Crippen molar-refractivity contribution in [3.05, 3.63) is 0 Å². The summed E-state index contributed by atoms with van der Waals surface area (Å²) < 4.78 is 34.6. The molecule has 5 nitrogen and oxygen atoms in total. The molecule has 0 aliphatic rings. The van der Waals surface area contributed by atoms with Crippen molar-refractivity contribution in [1.82, 2.24) is 0 Å². The Morgan fingerprint density at radius 3 is 2.31 bits per heavy atom. The van der Waals surface area contributed by atoms with Crippen LogP contribution in [0.1, 0.15) is 0 Å². The first-order valence-electron chi connectivity index (χ1n) is 3.28. The number of hydrogen-bond acceptors (Lipinski definition) is 5. The van der Waals surface area contributed by atoms with Crippen LogP contribution in [0.2, 0.25) is 0 Å². The van der Waals surface area contributed by atoms with Gasteiger partial charge in [-0.15, -0.1) is 0 Å². The van der Waals surface area contributed by atoms with Crippen molar-refractivity contribution in [1.29, 1.82) is 0 Å². The standard InChI is InChI=1S/C5H12FO5P.Na/c1-9-2-3-10-4-5-11-12(6,7)8;/h2-5H2,1H3,(H,7,8);/q;+1/p-1. The molecule has 0 aliphatic carbocycles. The van der Waals surface area contributed by atoms with Crippen LogP contribution in [0.15, 0.2) is 0 Å². The van der Waals surface area contributed by atoms with Crippen LogP contribution in [-0.4, -0.2) is 33.5 Å². The van der Waals surface area contributed by atoms with Gasteiger partial charge >= 0.3 is 37.5 Å². The first kappa shape index (κ1) is 16.4. The predicted molar refractivity (Wildman–Crippen MR) is 37.4 cm³/mol. The fourth-order valence-electron chi connectivity index (χ4n) is 0.450. The summed E-state index contributed by atoms with van der Waals surface area (Å²) in [6.45, 7) is 0.459. The van der Waals surface area contributed by atoms with Crippen LogP contribution >= 0.6 is 7.91 Å². The van der Waals surface area contributed by atoms with Gasteiger partial charge in [-0.3, -0.25) is 4.57 Å². The van der Waals surface area contributed by atoms with Crippen LogP contribution in [0.3, 0.4) is 0 Å². The molecule has 0 bridgehead atoms. The summed E-state index contributed by atoms with van der Waals surface area (Å²) in [5, 5.41) is 0. The van der Waals surface area contributed by atoms with Crippen molar-refractivity contribution in [3.63, 3.8) is 0 Å². The molecule has 0 rings (SSSR count). The molecule has 74 valence electrons. The van der Waals surface area contributed by atoms with E-state index in [2.05, 4.69) is 9.26 Å². The number of halogens is 1. The number of rotatable bonds is 7. The maximum absolute atomic E-state index is 11.7. The van der Waals surface area contributed by atoms with Crippen LogP contribution in [0.25, 0.3) is 0 Å². The molecule has 0 aliphatic heterocycles. The molecule has 1 atom stereocenters. The third kappa shape index (κ3) is 15.7. The molecular weight excluding hydrogens is 213 g/mol. The summed E-state index contributed by atoms with van der Waals surface area (Å²) in [4.78, 5) is 9.78. The molecule has 1 unspecified atom stereocenters. The van der Waals surface area contributed by atoms with E-state index in [-0.39, 0.29) is 42.8 Å². The summed E-state index contributed by atoms with van der Waals surface area (Å²) in [5.41, 5.74) is 0. The van der Waals surface area contributed by atoms with Crippen molar-refractivity contribution in [2.45, 2.75) is 0 Å². The smallest absolute Gasteiger partial charge is 0.753 e. The van der Waals surface area contributed by atoms with Crippen molar-refractivity contribution in [3.8, 4) is 0 Å².